The molecule has 1 unspecified atom stereocenters. The van der Waals surface area contributed by atoms with E-state index in [1.807, 2.05) is 30.3 Å². The Kier molecular flexibility index (Phi) is 5.02. The van der Waals surface area contributed by atoms with E-state index in [-0.39, 0.29) is 23.9 Å². The van der Waals surface area contributed by atoms with Gasteiger partial charge in [0.25, 0.3) is 11.8 Å². The predicted molar refractivity (Wildman–Crippen MR) is 106 cm³/mol. The Balaban J connectivity index is 1.34. The van der Waals surface area contributed by atoms with Crippen LogP contribution in [0.4, 0.5) is 14.5 Å². The third-order valence-corrected chi connectivity index (χ3v) is 5.12. The van der Waals surface area contributed by atoms with Gasteiger partial charge in [-0.05, 0) is 5.56 Å². The monoisotopic (exact) mass is 441 g/mol. The number of hydrogen-bond donors (Lipinski definition) is 2. The number of carbonyl (C=O) groups excluding carboxylic acids is 2. The highest BCUT2D eigenvalue weighted by Gasteiger charge is 2.32. The number of benzene rings is 2. The molecule has 0 fully saturated rings. The minimum atomic E-state index is -1.17. The lowest BCUT2D eigenvalue weighted by Crippen LogP contribution is -2.46. The minimum Gasteiger partial charge on any atom is -0.488 e. The van der Waals surface area contributed by atoms with Crippen molar-refractivity contribution in [3.05, 3.63) is 71.3 Å². The maximum Gasteiger partial charge on any atom is 0.291 e. The minimum absolute atomic E-state index is 0.141. The molecule has 32 heavy (non-hydrogen) atoms. The molecule has 0 radical (unpaired) electrons. The van der Waals surface area contributed by atoms with Gasteiger partial charge in [0.15, 0.2) is 11.6 Å². The maximum absolute atomic E-state index is 14.0. The van der Waals surface area contributed by atoms with E-state index in [9.17, 15) is 18.4 Å². The van der Waals surface area contributed by atoms with Crippen LogP contribution in [-0.2, 0) is 16.1 Å². The van der Waals surface area contributed by atoms with E-state index in [2.05, 4.69) is 20.7 Å². The van der Waals surface area contributed by atoms with E-state index in [0.717, 1.165) is 11.6 Å². The summed E-state index contributed by atoms with van der Waals surface area (Å²) in [5, 5.41) is 9.04. The standard InChI is InChI=1S/C21H17F2N5O4/c22-12-8-13(23)16-15(9-12)32-10-14(20(29)25-16)24-21(30)18-26-19-17(11-4-2-1-3-5-11)31-7-6-28(19)27-18/h1-5,8-9,14,17H,6-7,10H2,(H,24,30)(H,25,29)/t14-,17?/m0/s1. The lowest BCUT2D eigenvalue weighted by molar-refractivity contribution is -0.118. The number of nitrogens with one attached hydrogen (secondary N) is 2. The molecule has 0 saturated carbocycles. The summed E-state index contributed by atoms with van der Waals surface area (Å²) in [6.45, 7) is 0.499. The fourth-order valence-electron chi connectivity index (χ4n) is 3.59. The smallest absolute Gasteiger partial charge is 0.291 e. The van der Waals surface area contributed by atoms with Crippen molar-refractivity contribution in [2.45, 2.75) is 18.7 Å². The molecule has 164 valence electrons. The van der Waals surface area contributed by atoms with Crippen LogP contribution in [0.2, 0.25) is 0 Å². The van der Waals surface area contributed by atoms with Gasteiger partial charge in [0, 0.05) is 12.1 Å². The molecule has 0 spiro atoms. The molecule has 2 amide bonds. The quantitative estimate of drug-likeness (QED) is 0.642. The molecule has 2 aliphatic rings. The fourth-order valence-corrected chi connectivity index (χ4v) is 3.59. The second-order valence-electron chi connectivity index (χ2n) is 7.27. The van der Waals surface area contributed by atoms with Crippen LogP contribution in [0.25, 0.3) is 0 Å². The van der Waals surface area contributed by atoms with Crippen LogP contribution in [0.1, 0.15) is 28.1 Å². The first-order valence-electron chi connectivity index (χ1n) is 9.84. The van der Waals surface area contributed by atoms with Crippen molar-refractivity contribution < 1.29 is 27.8 Å². The Bertz CT molecular complexity index is 1200. The van der Waals surface area contributed by atoms with Gasteiger partial charge in [-0.3, -0.25) is 9.59 Å². The van der Waals surface area contributed by atoms with Crippen molar-refractivity contribution in [2.24, 2.45) is 0 Å². The number of rotatable bonds is 3. The third-order valence-electron chi connectivity index (χ3n) is 5.12. The molecule has 5 rings (SSSR count). The van der Waals surface area contributed by atoms with Gasteiger partial charge in [0.05, 0.1) is 13.2 Å². The third kappa shape index (κ3) is 3.66. The average Bonchev–Trinajstić information content (AvgIpc) is 3.17. The Labute approximate surface area is 180 Å². The second-order valence-corrected chi connectivity index (χ2v) is 7.27. The second kappa shape index (κ2) is 8.00. The number of nitrogens with zero attached hydrogens (tertiary/aromatic N) is 3. The number of carbonyl (C=O) groups is 2. The zero-order chi connectivity index (χ0) is 22.2. The summed E-state index contributed by atoms with van der Waals surface area (Å²) in [6.07, 6.45) is -0.476. The number of halogens is 2. The van der Waals surface area contributed by atoms with Gasteiger partial charge in [-0.15, -0.1) is 5.10 Å². The molecule has 0 saturated heterocycles. The predicted octanol–water partition coefficient (Wildman–Crippen LogP) is 1.81. The topological polar surface area (TPSA) is 107 Å². The van der Waals surface area contributed by atoms with Gasteiger partial charge in [0.2, 0.25) is 5.82 Å². The first kappa shape index (κ1) is 20.1. The van der Waals surface area contributed by atoms with Crippen molar-refractivity contribution in [1.29, 1.82) is 0 Å². The fraction of sp³-hybridized carbons (Fsp3) is 0.238. The molecule has 11 heteroatoms. The van der Waals surface area contributed by atoms with Crippen molar-refractivity contribution in [3.63, 3.8) is 0 Å². The molecule has 2 atom stereocenters. The van der Waals surface area contributed by atoms with Gasteiger partial charge in [-0.1, -0.05) is 30.3 Å². The Morgan fingerprint density at radius 3 is 2.84 bits per heavy atom. The van der Waals surface area contributed by atoms with Gasteiger partial charge >= 0.3 is 0 Å². The maximum atomic E-state index is 14.0. The highest BCUT2D eigenvalue weighted by Crippen LogP contribution is 2.31. The van der Waals surface area contributed by atoms with Crippen LogP contribution in [0.15, 0.2) is 42.5 Å². The summed E-state index contributed by atoms with van der Waals surface area (Å²) < 4.78 is 40.2. The zero-order valence-corrected chi connectivity index (χ0v) is 16.5. The SMILES string of the molecule is O=C(N[C@H]1COc2cc(F)cc(F)c2NC1=O)c1nc2n(n1)CCOC2c1ccccc1. The Morgan fingerprint density at radius 2 is 2.03 bits per heavy atom. The molecule has 3 heterocycles. The first-order chi connectivity index (χ1) is 15.5. The van der Waals surface area contributed by atoms with Crippen LogP contribution in [-0.4, -0.2) is 45.8 Å². The number of ether oxygens (including phenoxy) is 2. The molecule has 2 N–H and O–H groups in total. The van der Waals surface area contributed by atoms with Crippen molar-refractivity contribution in [3.8, 4) is 5.75 Å². The summed E-state index contributed by atoms with van der Waals surface area (Å²) in [6, 6.07) is 9.83. The van der Waals surface area contributed by atoms with Crippen molar-refractivity contribution in [2.75, 3.05) is 18.5 Å². The molecule has 0 aliphatic carbocycles. The summed E-state index contributed by atoms with van der Waals surface area (Å²) in [5.41, 5.74) is 0.586. The largest absolute Gasteiger partial charge is 0.488 e. The zero-order valence-electron chi connectivity index (χ0n) is 16.5. The highest BCUT2D eigenvalue weighted by molar-refractivity contribution is 6.01. The van der Waals surface area contributed by atoms with E-state index in [4.69, 9.17) is 9.47 Å². The van der Waals surface area contributed by atoms with Crippen LogP contribution in [0, 0.1) is 11.6 Å². The number of hydrogen-bond acceptors (Lipinski definition) is 6. The van der Waals surface area contributed by atoms with Gasteiger partial charge in [0.1, 0.15) is 36.0 Å². The number of fused-ring (bicyclic) bond motifs is 2. The Morgan fingerprint density at radius 1 is 1.22 bits per heavy atom. The molecular formula is C21H17F2N5O4. The van der Waals surface area contributed by atoms with E-state index in [1.165, 1.54) is 0 Å². The molecular weight excluding hydrogens is 424 g/mol. The average molecular weight is 441 g/mol. The lowest BCUT2D eigenvalue weighted by atomic mass is 10.1. The molecule has 3 aromatic rings. The summed E-state index contributed by atoms with van der Waals surface area (Å²) in [4.78, 5) is 29.6. The van der Waals surface area contributed by atoms with E-state index >= 15 is 0 Å². The first-order valence-corrected chi connectivity index (χ1v) is 9.84. The molecule has 9 nitrogen and oxygen atoms in total. The summed E-state index contributed by atoms with van der Waals surface area (Å²) in [7, 11) is 0. The van der Waals surface area contributed by atoms with Gasteiger partial charge < -0.3 is 20.1 Å². The van der Waals surface area contributed by atoms with Gasteiger partial charge in [-0.25, -0.2) is 18.4 Å². The molecule has 2 aromatic carbocycles. The van der Waals surface area contributed by atoms with Crippen LogP contribution in [0.5, 0.6) is 5.75 Å². The molecule has 1 aromatic heterocycles. The van der Waals surface area contributed by atoms with E-state index in [1.54, 1.807) is 4.68 Å². The van der Waals surface area contributed by atoms with Crippen LogP contribution >= 0.6 is 0 Å². The van der Waals surface area contributed by atoms with E-state index in [0.29, 0.717) is 25.0 Å². The Hall–Kier alpha value is -3.86. The molecule has 0 bridgehead atoms. The number of amides is 2. The number of aromatic nitrogens is 3. The summed E-state index contributed by atoms with van der Waals surface area (Å²) in [5.74, 6) is -3.07. The molecule has 2 aliphatic heterocycles. The summed E-state index contributed by atoms with van der Waals surface area (Å²) >= 11 is 0. The normalized spacial score (nSPS) is 19.8. The van der Waals surface area contributed by atoms with Crippen LogP contribution in [0.3, 0.4) is 0 Å². The van der Waals surface area contributed by atoms with Crippen molar-refractivity contribution in [1.82, 2.24) is 20.1 Å². The highest BCUT2D eigenvalue weighted by atomic mass is 19.1. The van der Waals surface area contributed by atoms with Crippen LogP contribution < -0.4 is 15.4 Å². The number of anilines is 1. The lowest BCUT2D eigenvalue weighted by Gasteiger charge is -2.22. The van der Waals surface area contributed by atoms with Gasteiger partial charge in [-0.2, -0.15) is 0 Å². The van der Waals surface area contributed by atoms with Crippen molar-refractivity contribution >= 4 is 17.5 Å². The van der Waals surface area contributed by atoms with E-state index < -0.39 is 35.6 Å².